The molecule has 0 atom stereocenters. The fourth-order valence-electron chi connectivity index (χ4n) is 4.20. The number of aryl methyl sites for hydroxylation is 1. The third-order valence-electron chi connectivity index (χ3n) is 6.22. The van der Waals surface area contributed by atoms with Gasteiger partial charge in [0, 0.05) is 46.9 Å². The van der Waals surface area contributed by atoms with Crippen molar-refractivity contribution >= 4 is 40.4 Å². The summed E-state index contributed by atoms with van der Waals surface area (Å²) in [4.78, 5) is 49.4. The molecule has 9 nitrogen and oxygen atoms in total. The molecule has 2 amide bonds. The molecule has 184 valence electrons. The van der Waals surface area contributed by atoms with Crippen molar-refractivity contribution in [2.75, 3.05) is 27.2 Å². The Labute approximate surface area is 206 Å². The highest BCUT2D eigenvalue weighted by molar-refractivity contribution is 6.44. The number of hydrogen-bond acceptors (Lipinski definition) is 6. The van der Waals surface area contributed by atoms with Gasteiger partial charge in [-0.2, -0.15) is 0 Å². The third kappa shape index (κ3) is 4.89. The number of aromatic nitrogens is 3. The summed E-state index contributed by atoms with van der Waals surface area (Å²) in [6.45, 7) is 0.512. The Morgan fingerprint density at radius 3 is 2.37 bits per heavy atom. The Morgan fingerprint density at radius 2 is 1.77 bits per heavy atom. The van der Waals surface area contributed by atoms with Crippen molar-refractivity contribution in [1.82, 2.24) is 24.3 Å². The van der Waals surface area contributed by atoms with Gasteiger partial charge in [-0.15, -0.1) is 0 Å². The first-order valence-corrected chi connectivity index (χ1v) is 11.4. The number of halogens is 2. The molecule has 0 spiro atoms. The molecular weight excluding hydrogens is 477 g/mol. The number of carbonyl (C=O) groups excluding carboxylic acids is 3. The number of benzene rings is 1. The van der Waals surface area contributed by atoms with Gasteiger partial charge >= 0.3 is 0 Å². The second-order valence-electron chi connectivity index (χ2n) is 9.04. The summed E-state index contributed by atoms with van der Waals surface area (Å²) in [7, 11) is 4.57. The minimum absolute atomic E-state index is 0.0340. The zero-order chi connectivity index (χ0) is 25.5. The number of aliphatic hydroxyl groups is 1. The molecule has 1 N–H and O–H groups in total. The first-order chi connectivity index (χ1) is 16.5. The summed E-state index contributed by atoms with van der Waals surface area (Å²) in [5, 5.41) is 10.9. The summed E-state index contributed by atoms with van der Waals surface area (Å²) in [6, 6.07) is 5.97. The summed E-state index contributed by atoms with van der Waals surface area (Å²) >= 11 is 6.29. The second-order valence-corrected chi connectivity index (χ2v) is 9.40. The van der Waals surface area contributed by atoms with E-state index < -0.39 is 23.2 Å². The van der Waals surface area contributed by atoms with E-state index in [1.807, 2.05) is 0 Å². The Bertz CT molecular complexity index is 1310. The van der Waals surface area contributed by atoms with E-state index in [-0.39, 0.29) is 46.5 Å². The zero-order valence-electron chi connectivity index (χ0n) is 19.6. The number of ketones is 1. The average molecular weight is 502 g/mol. The first-order valence-electron chi connectivity index (χ1n) is 11.0. The lowest BCUT2D eigenvalue weighted by Crippen LogP contribution is -2.48. The molecule has 0 radical (unpaired) electrons. The van der Waals surface area contributed by atoms with E-state index in [4.69, 9.17) is 11.6 Å². The van der Waals surface area contributed by atoms with Gasteiger partial charge in [0.2, 0.25) is 0 Å². The van der Waals surface area contributed by atoms with Crippen LogP contribution in [0.15, 0.2) is 30.5 Å². The van der Waals surface area contributed by atoms with Gasteiger partial charge in [0.15, 0.2) is 16.5 Å². The number of likely N-dealkylation sites (N-methyl/N-ethyl adjacent to an activating group) is 1. The van der Waals surface area contributed by atoms with Crippen molar-refractivity contribution in [3.05, 3.63) is 58.3 Å². The third-order valence-corrected chi connectivity index (χ3v) is 6.49. The Balaban J connectivity index is 1.55. The molecule has 0 saturated carbocycles. The van der Waals surface area contributed by atoms with Crippen molar-refractivity contribution in [3.8, 4) is 0 Å². The van der Waals surface area contributed by atoms with Crippen LogP contribution in [-0.2, 0) is 18.3 Å². The number of fused-ring (bicyclic) bond motifs is 1. The number of piperidine rings is 1. The molecule has 2 aromatic heterocycles. The fraction of sp³-hybridized carbons (Fsp3) is 0.375. The van der Waals surface area contributed by atoms with Gasteiger partial charge in [-0.1, -0.05) is 23.7 Å². The van der Waals surface area contributed by atoms with E-state index in [9.17, 15) is 23.9 Å². The molecule has 1 fully saturated rings. The highest BCUT2D eigenvalue weighted by Crippen LogP contribution is 2.29. The molecule has 1 aliphatic rings. The number of Topliss-reactive ketones (excluding diaryl/α,β-unsaturated/α-hetero) is 1. The van der Waals surface area contributed by atoms with Crippen LogP contribution in [0.2, 0.25) is 5.15 Å². The molecule has 35 heavy (non-hydrogen) atoms. The van der Waals surface area contributed by atoms with Crippen molar-refractivity contribution in [1.29, 1.82) is 0 Å². The topological polar surface area (TPSA) is 109 Å². The number of nitrogens with zero attached hydrogens (tertiary/aromatic N) is 5. The maximum atomic E-state index is 13.2. The molecule has 0 unspecified atom stereocenters. The largest absolute Gasteiger partial charge is 0.389 e. The van der Waals surface area contributed by atoms with Crippen molar-refractivity contribution in [3.63, 3.8) is 0 Å². The van der Waals surface area contributed by atoms with Gasteiger partial charge in [-0.3, -0.25) is 14.4 Å². The van der Waals surface area contributed by atoms with E-state index in [2.05, 4.69) is 9.97 Å². The number of rotatable bonds is 5. The maximum absolute atomic E-state index is 13.2. The highest BCUT2D eigenvalue weighted by atomic mass is 35.5. The predicted molar refractivity (Wildman–Crippen MR) is 127 cm³/mol. The molecule has 0 bridgehead atoms. The van der Waals surface area contributed by atoms with E-state index in [1.54, 1.807) is 19.2 Å². The Kier molecular flexibility index (Phi) is 6.61. The van der Waals surface area contributed by atoms with Gasteiger partial charge in [-0.25, -0.2) is 14.4 Å². The SMILES string of the molecule is CN(C)C(=O)C(=O)c1cn(C)c2nc(Cl)c(C(=O)N3CCC(O)(Cc4ccc(F)cc4)CC3)nc12. The maximum Gasteiger partial charge on any atom is 0.294 e. The molecule has 1 saturated heterocycles. The quantitative estimate of drug-likeness (QED) is 0.424. The summed E-state index contributed by atoms with van der Waals surface area (Å²) in [5.41, 5.74) is 0.0765. The summed E-state index contributed by atoms with van der Waals surface area (Å²) in [6.07, 6.45) is 2.41. The lowest BCUT2D eigenvalue weighted by molar-refractivity contribution is -0.124. The fourth-order valence-corrected chi connectivity index (χ4v) is 4.41. The van der Waals surface area contributed by atoms with E-state index in [0.717, 1.165) is 10.5 Å². The van der Waals surface area contributed by atoms with Gasteiger partial charge < -0.3 is 19.5 Å². The number of likely N-dealkylation sites (tertiary alicyclic amines) is 1. The molecule has 0 aliphatic carbocycles. The predicted octanol–water partition coefficient (Wildman–Crippen LogP) is 2.24. The molecule has 11 heteroatoms. The van der Waals surface area contributed by atoms with Crippen molar-refractivity contribution < 1.29 is 23.9 Å². The van der Waals surface area contributed by atoms with Crippen LogP contribution in [0.4, 0.5) is 4.39 Å². The van der Waals surface area contributed by atoms with Gasteiger partial charge in [0.25, 0.3) is 17.6 Å². The van der Waals surface area contributed by atoms with Crippen LogP contribution in [-0.4, -0.2) is 79.8 Å². The van der Waals surface area contributed by atoms with Gasteiger partial charge in [-0.05, 0) is 30.5 Å². The lowest BCUT2D eigenvalue weighted by Gasteiger charge is -2.38. The van der Waals surface area contributed by atoms with Crippen LogP contribution in [0.25, 0.3) is 11.2 Å². The smallest absolute Gasteiger partial charge is 0.294 e. The molecule has 3 heterocycles. The monoisotopic (exact) mass is 501 g/mol. The first kappa shape index (κ1) is 24.7. The van der Waals surface area contributed by atoms with Crippen LogP contribution in [0.5, 0.6) is 0 Å². The van der Waals surface area contributed by atoms with Gasteiger partial charge in [0.05, 0.1) is 11.2 Å². The summed E-state index contributed by atoms with van der Waals surface area (Å²) in [5.74, 6) is -2.31. The minimum Gasteiger partial charge on any atom is -0.389 e. The Morgan fingerprint density at radius 1 is 1.14 bits per heavy atom. The van der Waals surface area contributed by atoms with Crippen LogP contribution in [0.1, 0.15) is 39.3 Å². The molecule has 4 rings (SSSR count). The molecule has 1 aliphatic heterocycles. The molecular formula is C24H25ClFN5O4. The van der Waals surface area contributed by atoms with E-state index in [0.29, 0.717) is 19.3 Å². The van der Waals surface area contributed by atoms with Crippen LogP contribution in [0.3, 0.4) is 0 Å². The van der Waals surface area contributed by atoms with Crippen LogP contribution >= 0.6 is 11.6 Å². The molecule has 3 aromatic rings. The number of carbonyl (C=O) groups is 3. The standard InChI is InChI=1S/C24H25ClFN5O4/c1-29(2)23(34)19(32)16-13-30(3)21-17(16)27-18(20(25)28-21)22(33)31-10-8-24(35,9-11-31)12-14-4-6-15(26)7-5-14/h4-7,13,35H,8-12H2,1-3H3. The van der Waals surface area contributed by atoms with Crippen molar-refractivity contribution in [2.45, 2.75) is 24.9 Å². The zero-order valence-corrected chi connectivity index (χ0v) is 20.3. The highest BCUT2D eigenvalue weighted by Gasteiger charge is 2.36. The number of hydrogen-bond donors (Lipinski definition) is 1. The molecule has 1 aromatic carbocycles. The average Bonchev–Trinajstić information content (AvgIpc) is 3.14. The van der Waals surface area contributed by atoms with Crippen LogP contribution < -0.4 is 0 Å². The van der Waals surface area contributed by atoms with Crippen molar-refractivity contribution in [2.24, 2.45) is 7.05 Å². The van der Waals surface area contributed by atoms with E-state index >= 15 is 0 Å². The summed E-state index contributed by atoms with van der Waals surface area (Å²) < 4.78 is 14.7. The van der Waals surface area contributed by atoms with Crippen LogP contribution in [0, 0.1) is 5.82 Å². The Hall–Kier alpha value is -3.37. The van der Waals surface area contributed by atoms with E-state index in [1.165, 1.54) is 41.9 Å². The number of amides is 2. The second kappa shape index (κ2) is 9.35. The van der Waals surface area contributed by atoms with Gasteiger partial charge in [0.1, 0.15) is 11.3 Å². The normalized spacial score (nSPS) is 15.3. The minimum atomic E-state index is -1.03. The lowest BCUT2D eigenvalue weighted by atomic mass is 9.85.